The highest BCUT2D eigenvalue weighted by Crippen LogP contribution is 2.34. The van der Waals surface area contributed by atoms with Crippen LogP contribution in [-0.2, 0) is 6.54 Å². The van der Waals surface area contributed by atoms with Gasteiger partial charge in [-0.3, -0.25) is 4.90 Å². The summed E-state index contributed by atoms with van der Waals surface area (Å²) in [6, 6.07) is 12.4. The van der Waals surface area contributed by atoms with Crippen LogP contribution in [0, 0.1) is 0 Å². The summed E-state index contributed by atoms with van der Waals surface area (Å²) in [5, 5.41) is 9.69. The SMILES string of the molecule is Brc1ccc(-c2nnc(CN3CCC(c4nc5ccccc5s4)CC3)o2)s1. The first kappa shape index (κ1) is 17.5. The lowest BCUT2D eigenvalue weighted by Gasteiger charge is -2.29. The Kier molecular flexibility index (Phi) is 4.81. The Hall–Kier alpha value is -1.61. The van der Waals surface area contributed by atoms with E-state index in [1.807, 2.05) is 23.5 Å². The number of para-hydroxylation sites is 1. The summed E-state index contributed by atoms with van der Waals surface area (Å²) in [6.45, 7) is 2.78. The van der Waals surface area contributed by atoms with Gasteiger partial charge >= 0.3 is 0 Å². The van der Waals surface area contributed by atoms with E-state index < -0.39 is 0 Å². The number of thiophene rings is 1. The fourth-order valence-corrected chi connectivity index (χ4v) is 5.88. The molecule has 27 heavy (non-hydrogen) atoms. The van der Waals surface area contributed by atoms with Crippen LogP contribution in [0.25, 0.3) is 21.0 Å². The van der Waals surface area contributed by atoms with Gasteiger partial charge in [0.05, 0.1) is 30.4 Å². The number of fused-ring (bicyclic) bond motifs is 1. The first-order valence-corrected chi connectivity index (χ1v) is 11.3. The van der Waals surface area contributed by atoms with Gasteiger partial charge in [-0.2, -0.15) is 0 Å². The summed E-state index contributed by atoms with van der Waals surface area (Å²) < 4.78 is 8.20. The second kappa shape index (κ2) is 7.43. The maximum absolute atomic E-state index is 5.85. The smallest absolute Gasteiger partial charge is 0.257 e. The number of benzene rings is 1. The zero-order valence-corrected chi connectivity index (χ0v) is 17.7. The molecule has 0 amide bonds. The van der Waals surface area contributed by atoms with E-state index in [-0.39, 0.29) is 0 Å². The van der Waals surface area contributed by atoms with Crippen molar-refractivity contribution in [1.82, 2.24) is 20.1 Å². The minimum Gasteiger partial charge on any atom is -0.419 e. The van der Waals surface area contributed by atoms with Crippen LogP contribution in [0.5, 0.6) is 0 Å². The van der Waals surface area contributed by atoms with Crippen LogP contribution >= 0.6 is 38.6 Å². The second-order valence-corrected chi connectivity index (χ2v) is 10.2. The Morgan fingerprint density at radius 2 is 1.93 bits per heavy atom. The van der Waals surface area contributed by atoms with E-state index in [2.05, 4.69) is 55.3 Å². The van der Waals surface area contributed by atoms with Gasteiger partial charge in [0.25, 0.3) is 5.89 Å². The van der Waals surface area contributed by atoms with Crippen molar-refractivity contribution < 1.29 is 4.42 Å². The number of aromatic nitrogens is 3. The van der Waals surface area contributed by atoms with Gasteiger partial charge in [0.1, 0.15) is 0 Å². The summed E-state index contributed by atoms with van der Waals surface area (Å²) in [4.78, 5) is 8.23. The highest BCUT2D eigenvalue weighted by atomic mass is 79.9. The van der Waals surface area contributed by atoms with Gasteiger partial charge in [-0.25, -0.2) is 4.98 Å². The molecule has 3 aromatic heterocycles. The quantitative estimate of drug-likeness (QED) is 0.399. The third-order valence-corrected chi connectivity index (χ3v) is 7.67. The summed E-state index contributed by atoms with van der Waals surface area (Å²) in [5.74, 6) is 1.85. The van der Waals surface area contributed by atoms with E-state index in [9.17, 15) is 0 Å². The molecule has 5 rings (SSSR count). The van der Waals surface area contributed by atoms with Crippen LogP contribution < -0.4 is 0 Å². The Balaban J connectivity index is 1.21. The molecule has 1 aliphatic heterocycles. The normalized spacial score (nSPS) is 16.3. The number of rotatable bonds is 4. The third kappa shape index (κ3) is 3.71. The van der Waals surface area contributed by atoms with Gasteiger partial charge in [0.15, 0.2) is 0 Å². The van der Waals surface area contributed by atoms with Gasteiger partial charge in [-0.05, 0) is 66.1 Å². The highest BCUT2D eigenvalue weighted by molar-refractivity contribution is 9.11. The molecule has 0 radical (unpaired) electrons. The molecule has 0 atom stereocenters. The van der Waals surface area contributed by atoms with Crippen LogP contribution in [0.1, 0.15) is 29.7 Å². The number of nitrogens with zero attached hydrogens (tertiary/aromatic N) is 4. The first-order valence-electron chi connectivity index (χ1n) is 8.90. The molecule has 0 saturated carbocycles. The number of piperidine rings is 1. The lowest BCUT2D eigenvalue weighted by atomic mass is 9.97. The minimum atomic E-state index is 0.556. The van der Waals surface area contributed by atoms with E-state index in [1.54, 1.807) is 11.3 Å². The third-order valence-electron chi connectivity index (χ3n) is 4.86. The molecule has 138 valence electrons. The molecule has 1 aromatic carbocycles. The fourth-order valence-electron chi connectivity index (χ4n) is 3.44. The molecule has 4 aromatic rings. The number of thiazole rings is 1. The van der Waals surface area contributed by atoms with Gasteiger partial charge < -0.3 is 4.42 Å². The number of halogens is 1. The highest BCUT2D eigenvalue weighted by Gasteiger charge is 2.24. The van der Waals surface area contributed by atoms with Gasteiger partial charge in [0, 0.05) is 5.92 Å². The molecule has 8 heteroatoms. The maximum Gasteiger partial charge on any atom is 0.257 e. The molecule has 1 saturated heterocycles. The summed E-state index contributed by atoms with van der Waals surface area (Å²) in [5.41, 5.74) is 1.12. The molecule has 0 N–H and O–H groups in total. The summed E-state index contributed by atoms with van der Waals surface area (Å²) >= 11 is 6.91. The van der Waals surface area contributed by atoms with Crippen molar-refractivity contribution in [2.75, 3.05) is 13.1 Å². The predicted octanol–water partition coefficient (Wildman–Crippen LogP) is 5.55. The minimum absolute atomic E-state index is 0.556. The average Bonchev–Trinajstić information content (AvgIpc) is 3.41. The van der Waals surface area contributed by atoms with Gasteiger partial charge in [-0.1, -0.05) is 12.1 Å². The Morgan fingerprint density at radius 1 is 1.07 bits per heavy atom. The van der Waals surface area contributed by atoms with E-state index in [1.165, 1.54) is 9.71 Å². The lowest BCUT2D eigenvalue weighted by molar-refractivity contribution is 0.188. The van der Waals surface area contributed by atoms with Crippen molar-refractivity contribution in [3.05, 3.63) is 51.1 Å². The number of hydrogen-bond donors (Lipinski definition) is 0. The van der Waals surface area contributed by atoms with E-state index in [0.29, 0.717) is 24.2 Å². The van der Waals surface area contributed by atoms with E-state index in [0.717, 1.165) is 40.1 Å². The summed E-state index contributed by atoms with van der Waals surface area (Å²) in [6.07, 6.45) is 2.25. The summed E-state index contributed by atoms with van der Waals surface area (Å²) in [7, 11) is 0. The molecule has 5 nitrogen and oxygen atoms in total. The van der Waals surface area contributed by atoms with Crippen LogP contribution in [0.2, 0.25) is 0 Å². The largest absolute Gasteiger partial charge is 0.419 e. The monoisotopic (exact) mass is 460 g/mol. The van der Waals surface area contributed by atoms with Crippen molar-refractivity contribution in [3.8, 4) is 10.8 Å². The van der Waals surface area contributed by atoms with Crippen LogP contribution in [0.15, 0.2) is 44.6 Å². The molecular weight excluding hydrogens is 444 g/mol. The topological polar surface area (TPSA) is 55.1 Å². The maximum atomic E-state index is 5.85. The van der Waals surface area contributed by atoms with Crippen molar-refractivity contribution in [2.24, 2.45) is 0 Å². The lowest BCUT2D eigenvalue weighted by Crippen LogP contribution is -2.32. The van der Waals surface area contributed by atoms with Gasteiger partial charge in [-0.15, -0.1) is 32.9 Å². The van der Waals surface area contributed by atoms with E-state index >= 15 is 0 Å². The standard InChI is InChI=1S/C19H17BrN4OS2/c20-16-6-5-15(26-16)18-23-22-17(25-18)11-24-9-7-12(8-10-24)19-21-13-3-1-2-4-14(13)27-19/h1-6,12H,7-11H2. The zero-order valence-electron chi connectivity index (χ0n) is 14.5. The Labute approximate surface area is 173 Å². The molecule has 0 spiro atoms. The van der Waals surface area contributed by atoms with Crippen molar-refractivity contribution in [3.63, 3.8) is 0 Å². The fraction of sp³-hybridized carbons (Fsp3) is 0.316. The molecule has 0 aliphatic carbocycles. The molecule has 4 heterocycles. The molecule has 1 aliphatic rings. The van der Waals surface area contributed by atoms with Crippen molar-refractivity contribution in [2.45, 2.75) is 25.3 Å². The number of hydrogen-bond acceptors (Lipinski definition) is 7. The first-order chi connectivity index (χ1) is 13.2. The molecule has 1 fully saturated rings. The van der Waals surface area contributed by atoms with Crippen LogP contribution in [-0.4, -0.2) is 33.2 Å². The van der Waals surface area contributed by atoms with E-state index in [4.69, 9.17) is 9.40 Å². The van der Waals surface area contributed by atoms with Crippen LogP contribution in [0.4, 0.5) is 0 Å². The predicted molar refractivity (Wildman–Crippen MR) is 112 cm³/mol. The Morgan fingerprint density at radius 3 is 2.70 bits per heavy atom. The van der Waals surface area contributed by atoms with Gasteiger partial charge in [0.2, 0.25) is 5.89 Å². The average molecular weight is 461 g/mol. The zero-order chi connectivity index (χ0) is 18.2. The molecule has 0 bridgehead atoms. The van der Waals surface area contributed by atoms with Crippen LogP contribution in [0.3, 0.4) is 0 Å². The molecule has 0 unspecified atom stereocenters. The van der Waals surface area contributed by atoms with Crippen molar-refractivity contribution in [1.29, 1.82) is 0 Å². The number of likely N-dealkylation sites (tertiary alicyclic amines) is 1. The Bertz CT molecular complexity index is 1030. The second-order valence-electron chi connectivity index (χ2n) is 6.67. The van der Waals surface area contributed by atoms with Crippen molar-refractivity contribution >= 4 is 48.8 Å². The molecular formula is C19H17BrN4OS2.